The van der Waals surface area contributed by atoms with E-state index in [1.807, 2.05) is 0 Å². The molecule has 0 bridgehead atoms. The molecule has 11 nitrogen and oxygen atoms in total. The third kappa shape index (κ3) is 7.10. The molecule has 36 heavy (non-hydrogen) atoms. The third-order valence-corrected chi connectivity index (χ3v) is 5.33. The second-order valence-corrected chi connectivity index (χ2v) is 7.84. The van der Waals surface area contributed by atoms with Gasteiger partial charge in [0.25, 0.3) is 11.6 Å². The highest BCUT2D eigenvalue weighted by Crippen LogP contribution is 2.15. The Morgan fingerprint density at radius 1 is 0.917 bits per heavy atom. The number of phenolic OH excluding ortho intramolecular Hbond substituents is 1. The predicted octanol–water partition coefficient (Wildman–Crippen LogP) is 1.94. The molecule has 3 rings (SSSR count). The molecule has 0 saturated carbocycles. The molecule has 0 aliphatic rings. The highest BCUT2D eigenvalue weighted by molar-refractivity contribution is 5.98. The molecule has 2 atom stereocenters. The molecule has 0 aliphatic carbocycles. The van der Waals surface area contributed by atoms with Crippen LogP contribution >= 0.6 is 0 Å². The molecular weight excluding hydrogens is 468 g/mol. The van der Waals surface area contributed by atoms with Crippen LogP contribution in [0.3, 0.4) is 0 Å². The number of aromatic nitrogens is 1. The molecular formula is C25H24N4O7. The molecule has 0 radical (unpaired) electrons. The first-order valence-corrected chi connectivity index (χ1v) is 10.9. The molecule has 0 unspecified atom stereocenters. The van der Waals surface area contributed by atoms with Gasteiger partial charge in [-0.05, 0) is 35.4 Å². The lowest BCUT2D eigenvalue weighted by Gasteiger charge is -2.22. The number of pyridine rings is 1. The fourth-order valence-electron chi connectivity index (χ4n) is 3.42. The molecule has 3 N–H and O–H groups in total. The maximum Gasteiger partial charge on any atom is 0.328 e. The first kappa shape index (κ1) is 25.8. The molecule has 11 heteroatoms. The van der Waals surface area contributed by atoms with E-state index in [-0.39, 0.29) is 24.3 Å². The zero-order valence-corrected chi connectivity index (χ0v) is 19.3. The van der Waals surface area contributed by atoms with Gasteiger partial charge in [-0.1, -0.05) is 24.3 Å². The van der Waals surface area contributed by atoms with Crippen LogP contribution in [0, 0.1) is 10.1 Å². The SMILES string of the molecule is COC(=O)[C@H](Cc1ccc([N+](=O)[O-])cc1)NC(=O)[C@H](Cc1ccc(O)cc1)NC(=O)c1ccncc1. The first-order chi connectivity index (χ1) is 17.3. The minimum absolute atomic E-state index is 0.0145. The van der Waals surface area contributed by atoms with Crippen molar-refractivity contribution in [2.24, 2.45) is 0 Å². The number of amides is 2. The van der Waals surface area contributed by atoms with Crippen LogP contribution in [0.2, 0.25) is 0 Å². The summed E-state index contributed by atoms with van der Waals surface area (Å²) in [5, 5.41) is 25.7. The zero-order chi connectivity index (χ0) is 26.1. The van der Waals surface area contributed by atoms with Crippen molar-refractivity contribution in [3.05, 3.63) is 99.9 Å². The topological polar surface area (TPSA) is 161 Å². The number of nitro groups is 1. The molecule has 1 heterocycles. The largest absolute Gasteiger partial charge is 0.508 e. The smallest absolute Gasteiger partial charge is 0.328 e. The molecule has 3 aromatic rings. The van der Waals surface area contributed by atoms with Crippen molar-refractivity contribution in [3.8, 4) is 5.75 Å². The van der Waals surface area contributed by atoms with E-state index in [1.165, 1.54) is 68.0 Å². The number of methoxy groups -OCH3 is 1. The van der Waals surface area contributed by atoms with Crippen LogP contribution in [-0.4, -0.2) is 52.0 Å². The van der Waals surface area contributed by atoms with E-state index in [0.29, 0.717) is 16.7 Å². The molecule has 0 spiro atoms. The number of hydrogen-bond donors (Lipinski definition) is 3. The summed E-state index contributed by atoms with van der Waals surface area (Å²) in [5.41, 5.74) is 1.41. The maximum absolute atomic E-state index is 13.3. The Hall–Kier alpha value is -4.80. The minimum atomic E-state index is -1.11. The summed E-state index contributed by atoms with van der Waals surface area (Å²) in [5.74, 6) is -1.82. The number of aromatic hydroxyl groups is 1. The number of nitrogens with zero attached hydrogens (tertiary/aromatic N) is 2. The van der Waals surface area contributed by atoms with Gasteiger partial charge in [0.1, 0.15) is 17.8 Å². The van der Waals surface area contributed by atoms with Crippen molar-refractivity contribution in [1.82, 2.24) is 15.6 Å². The molecule has 0 fully saturated rings. The molecule has 186 valence electrons. The number of hydrogen-bond acceptors (Lipinski definition) is 8. The van der Waals surface area contributed by atoms with Crippen molar-refractivity contribution in [2.75, 3.05) is 7.11 Å². The Bertz CT molecular complexity index is 1220. The Morgan fingerprint density at radius 3 is 2.03 bits per heavy atom. The van der Waals surface area contributed by atoms with Gasteiger partial charge in [0, 0.05) is 42.9 Å². The van der Waals surface area contributed by atoms with Gasteiger partial charge in [-0.2, -0.15) is 0 Å². The number of ether oxygens (including phenoxy) is 1. The van der Waals surface area contributed by atoms with Crippen molar-refractivity contribution in [2.45, 2.75) is 24.9 Å². The van der Waals surface area contributed by atoms with Crippen LogP contribution in [0.15, 0.2) is 73.1 Å². The number of carbonyl (C=O) groups is 3. The van der Waals surface area contributed by atoms with Gasteiger partial charge in [-0.15, -0.1) is 0 Å². The quantitative estimate of drug-likeness (QED) is 0.220. The average molecular weight is 492 g/mol. The Balaban J connectivity index is 1.80. The van der Waals surface area contributed by atoms with Crippen molar-refractivity contribution >= 4 is 23.5 Å². The second kappa shape index (κ2) is 12.1. The monoisotopic (exact) mass is 492 g/mol. The van der Waals surface area contributed by atoms with Gasteiger partial charge in [0.15, 0.2) is 0 Å². The van der Waals surface area contributed by atoms with E-state index in [2.05, 4.69) is 15.6 Å². The van der Waals surface area contributed by atoms with Crippen LogP contribution in [0.4, 0.5) is 5.69 Å². The van der Waals surface area contributed by atoms with Gasteiger partial charge in [0.05, 0.1) is 12.0 Å². The van der Waals surface area contributed by atoms with E-state index in [9.17, 15) is 29.6 Å². The first-order valence-electron chi connectivity index (χ1n) is 10.9. The number of nitrogens with one attached hydrogen (secondary N) is 2. The number of non-ortho nitro benzene ring substituents is 1. The number of benzene rings is 2. The summed E-state index contributed by atoms with van der Waals surface area (Å²) in [6.45, 7) is 0. The summed E-state index contributed by atoms with van der Waals surface area (Å²) < 4.78 is 4.83. The van der Waals surface area contributed by atoms with Crippen molar-refractivity contribution < 1.29 is 29.2 Å². The summed E-state index contributed by atoms with van der Waals surface area (Å²) in [6, 6.07) is 12.5. The molecule has 2 aromatic carbocycles. The molecule has 0 aliphatic heterocycles. The minimum Gasteiger partial charge on any atom is -0.508 e. The fraction of sp³-hybridized carbons (Fsp3) is 0.200. The highest BCUT2D eigenvalue weighted by atomic mass is 16.6. The summed E-state index contributed by atoms with van der Waals surface area (Å²) in [7, 11) is 1.18. The van der Waals surface area contributed by atoms with Gasteiger partial charge in [-0.25, -0.2) is 4.79 Å². The number of esters is 1. The summed E-state index contributed by atoms with van der Waals surface area (Å²) in [6.07, 6.45) is 2.98. The molecule has 0 saturated heterocycles. The summed E-state index contributed by atoms with van der Waals surface area (Å²) >= 11 is 0. The van der Waals surface area contributed by atoms with E-state index in [0.717, 1.165) is 0 Å². The van der Waals surface area contributed by atoms with Crippen LogP contribution in [0.1, 0.15) is 21.5 Å². The second-order valence-electron chi connectivity index (χ2n) is 7.84. The molecule has 2 amide bonds. The van der Waals surface area contributed by atoms with Gasteiger partial charge >= 0.3 is 5.97 Å². The van der Waals surface area contributed by atoms with E-state index < -0.39 is 34.8 Å². The average Bonchev–Trinajstić information content (AvgIpc) is 2.89. The maximum atomic E-state index is 13.3. The van der Waals surface area contributed by atoms with E-state index in [4.69, 9.17) is 4.74 Å². The van der Waals surface area contributed by atoms with Crippen LogP contribution in [0.25, 0.3) is 0 Å². The predicted molar refractivity (Wildman–Crippen MR) is 128 cm³/mol. The van der Waals surface area contributed by atoms with Gasteiger partial charge in [-0.3, -0.25) is 24.7 Å². The number of phenols is 1. The number of rotatable bonds is 10. The lowest BCUT2D eigenvalue weighted by atomic mass is 10.0. The van der Waals surface area contributed by atoms with E-state index >= 15 is 0 Å². The van der Waals surface area contributed by atoms with E-state index in [1.54, 1.807) is 12.1 Å². The Kier molecular flexibility index (Phi) is 8.65. The number of nitro benzene ring substituents is 1. The summed E-state index contributed by atoms with van der Waals surface area (Å²) in [4.78, 5) is 52.7. The van der Waals surface area contributed by atoms with Gasteiger partial charge < -0.3 is 20.5 Å². The number of carbonyl (C=O) groups excluding carboxylic acids is 3. The lowest BCUT2D eigenvalue weighted by molar-refractivity contribution is -0.384. The van der Waals surface area contributed by atoms with Crippen molar-refractivity contribution in [3.63, 3.8) is 0 Å². The third-order valence-electron chi connectivity index (χ3n) is 5.33. The van der Waals surface area contributed by atoms with Crippen LogP contribution in [-0.2, 0) is 27.2 Å². The van der Waals surface area contributed by atoms with Crippen molar-refractivity contribution in [1.29, 1.82) is 0 Å². The fourth-order valence-corrected chi connectivity index (χ4v) is 3.42. The standard InChI is InChI=1S/C25H24N4O7/c1-36-25(33)22(15-16-2-6-19(7-3-16)29(34)35)28-24(32)21(14-17-4-8-20(30)9-5-17)27-23(31)18-10-12-26-13-11-18/h2-13,21-22,30H,14-15H2,1H3,(H,27,31)(H,28,32)/t21-,22-/m0/s1. The zero-order valence-electron chi connectivity index (χ0n) is 19.3. The Morgan fingerprint density at radius 2 is 1.47 bits per heavy atom. The normalized spacial score (nSPS) is 12.1. The highest BCUT2D eigenvalue weighted by Gasteiger charge is 2.28. The van der Waals surface area contributed by atoms with Crippen LogP contribution in [0.5, 0.6) is 5.75 Å². The lowest BCUT2D eigenvalue weighted by Crippen LogP contribution is -2.53. The van der Waals surface area contributed by atoms with Crippen LogP contribution < -0.4 is 10.6 Å². The van der Waals surface area contributed by atoms with Gasteiger partial charge in [0.2, 0.25) is 5.91 Å². The molecule has 1 aromatic heterocycles. The Labute approximate surface area is 206 Å².